The van der Waals surface area contributed by atoms with E-state index in [1.807, 2.05) is 30.3 Å². The lowest BCUT2D eigenvalue weighted by Gasteiger charge is -2.03. The molecule has 0 atom stereocenters. The van der Waals surface area contributed by atoms with Crippen molar-refractivity contribution in [2.24, 2.45) is 0 Å². The van der Waals surface area contributed by atoms with E-state index in [0.29, 0.717) is 12.0 Å². The number of carbonyl (C=O) groups is 1. The number of carboxylic acid groups (broad SMARTS) is 1. The van der Waals surface area contributed by atoms with Gasteiger partial charge >= 0.3 is 5.97 Å². The van der Waals surface area contributed by atoms with Gasteiger partial charge in [0.1, 0.15) is 5.75 Å². The Labute approximate surface area is 111 Å². The van der Waals surface area contributed by atoms with Crippen molar-refractivity contribution in [3.63, 3.8) is 0 Å². The summed E-state index contributed by atoms with van der Waals surface area (Å²) >= 11 is 0. The molecule has 3 heteroatoms. The van der Waals surface area contributed by atoms with Gasteiger partial charge in [0.05, 0.1) is 0 Å². The van der Waals surface area contributed by atoms with Crippen molar-refractivity contribution in [2.45, 2.75) is 6.42 Å². The molecule has 0 radical (unpaired) electrons. The Hall–Kier alpha value is -2.55. The molecule has 3 nitrogen and oxygen atoms in total. The quantitative estimate of drug-likeness (QED) is 0.824. The minimum atomic E-state index is -0.933. The molecule has 2 rings (SSSR count). The highest BCUT2D eigenvalue weighted by atomic mass is 16.4. The topological polar surface area (TPSA) is 57.5 Å². The molecule has 0 spiro atoms. The number of hydrogen-bond donors (Lipinski definition) is 2. The summed E-state index contributed by atoms with van der Waals surface area (Å²) in [5.41, 5.74) is 2.03. The van der Waals surface area contributed by atoms with Gasteiger partial charge in [-0.2, -0.15) is 0 Å². The number of carboxylic acids is 1. The van der Waals surface area contributed by atoms with Crippen molar-refractivity contribution in [1.82, 2.24) is 0 Å². The molecule has 96 valence electrons. The normalized spacial score (nSPS) is 11.3. The van der Waals surface area contributed by atoms with Gasteiger partial charge in [0.25, 0.3) is 0 Å². The first-order valence-electron chi connectivity index (χ1n) is 5.92. The predicted octanol–water partition coefficient (Wildman–Crippen LogP) is 3.10. The van der Waals surface area contributed by atoms with Crippen molar-refractivity contribution >= 4 is 12.0 Å². The van der Waals surface area contributed by atoms with Crippen LogP contribution in [0.15, 0.2) is 60.2 Å². The predicted molar refractivity (Wildman–Crippen MR) is 73.9 cm³/mol. The molecule has 2 aromatic carbocycles. The van der Waals surface area contributed by atoms with E-state index in [2.05, 4.69) is 0 Å². The van der Waals surface area contributed by atoms with Gasteiger partial charge in [-0.3, -0.25) is 0 Å². The van der Waals surface area contributed by atoms with E-state index in [4.69, 9.17) is 0 Å². The van der Waals surface area contributed by atoms with E-state index in [1.165, 1.54) is 12.1 Å². The van der Waals surface area contributed by atoms with Crippen LogP contribution in [0.2, 0.25) is 0 Å². The Kier molecular flexibility index (Phi) is 3.98. The highest BCUT2D eigenvalue weighted by Gasteiger charge is 2.08. The van der Waals surface area contributed by atoms with Crippen molar-refractivity contribution in [1.29, 1.82) is 0 Å². The second kappa shape index (κ2) is 5.87. The maximum absolute atomic E-state index is 11.3. The van der Waals surface area contributed by atoms with E-state index in [-0.39, 0.29) is 5.75 Å². The fourth-order valence-electron chi connectivity index (χ4n) is 1.78. The summed E-state index contributed by atoms with van der Waals surface area (Å²) in [7, 11) is 0. The molecule has 0 aliphatic carbocycles. The summed E-state index contributed by atoms with van der Waals surface area (Å²) in [5.74, 6) is -0.769. The van der Waals surface area contributed by atoms with Crippen LogP contribution < -0.4 is 0 Å². The molecule has 2 N–H and O–H groups in total. The van der Waals surface area contributed by atoms with Crippen LogP contribution in [0.5, 0.6) is 5.75 Å². The zero-order valence-electron chi connectivity index (χ0n) is 10.3. The molecule has 0 saturated heterocycles. The van der Waals surface area contributed by atoms with Crippen LogP contribution in [0.3, 0.4) is 0 Å². The minimum absolute atomic E-state index is 0.164. The van der Waals surface area contributed by atoms with Gasteiger partial charge in [-0.05, 0) is 29.3 Å². The Morgan fingerprint density at radius 2 is 1.63 bits per heavy atom. The molecule has 0 amide bonds. The molecular weight excluding hydrogens is 240 g/mol. The molecular formula is C16H14O3. The number of hydrogen-bond acceptors (Lipinski definition) is 2. The molecule has 2 aromatic rings. The first-order valence-corrected chi connectivity index (χ1v) is 5.92. The summed E-state index contributed by atoms with van der Waals surface area (Å²) in [6, 6.07) is 15.9. The summed E-state index contributed by atoms with van der Waals surface area (Å²) in [4.78, 5) is 11.3. The third-order valence-corrected chi connectivity index (χ3v) is 2.75. The standard InChI is InChI=1S/C16H14O3/c17-15-8-6-13(7-9-15)11-14(16(18)19)10-12-4-2-1-3-5-12/h1-9,11,17H,10H2,(H,18,19). The van der Waals surface area contributed by atoms with Crippen LogP contribution in [0.1, 0.15) is 11.1 Å². The highest BCUT2D eigenvalue weighted by molar-refractivity contribution is 5.92. The molecule has 0 bridgehead atoms. The van der Waals surface area contributed by atoms with Crippen molar-refractivity contribution in [3.8, 4) is 5.75 Å². The highest BCUT2D eigenvalue weighted by Crippen LogP contribution is 2.15. The first kappa shape index (κ1) is 12.9. The van der Waals surface area contributed by atoms with Crippen molar-refractivity contribution < 1.29 is 15.0 Å². The number of rotatable bonds is 4. The molecule has 0 unspecified atom stereocenters. The van der Waals surface area contributed by atoms with Crippen LogP contribution in [0.4, 0.5) is 0 Å². The maximum atomic E-state index is 11.3. The fraction of sp³-hybridized carbons (Fsp3) is 0.0625. The lowest BCUT2D eigenvalue weighted by molar-refractivity contribution is -0.132. The van der Waals surface area contributed by atoms with Gasteiger partial charge in [-0.1, -0.05) is 42.5 Å². The Morgan fingerprint density at radius 3 is 2.21 bits per heavy atom. The van der Waals surface area contributed by atoms with E-state index in [1.54, 1.807) is 18.2 Å². The lowest BCUT2D eigenvalue weighted by atomic mass is 10.0. The fourth-order valence-corrected chi connectivity index (χ4v) is 1.78. The Balaban J connectivity index is 2.25. The molecule has 0 fully saturated rings. The number of aromatic hydroxyl groups is 1. The first-order chi connectivity index (χ1) is 9.15. The van der Waals surface area contributed by atoms with Gasteiger partial charge in [0, 0.05) is 12.0 Å². The minimum Gasteiger partial charge on any atom is -0.508 e. The second-order valence-electron chi connectivity index (χ2n) is 4.23. The largest absolute Gasteiger partial charge is 0.508 e. The maximum Gasteiger partial charge on any atom is 0.331 e. The van der Waals surface area contributed by atoms with Crippen molar-refractivity contribution in [2.75, 3.05) is 0 Å². The molecule has 0 saturated carbocycles. The van der Waals surface area contributed by atoms with Gasteiger partial charge in [-0.15, -0.1) is 0 Å². The van der Waals surface area contributed by atoms with Gasteiger partial charge in [0.2, 0.25) is 0 Å². The average Bonchev–Trinajstić information content (AvgIpc) is 2.41. The number of phenolic OH excluding ortho intramolecular Hbond substituents is 1. The zero-order chi connectivity index (χ0) is 13.7. The van der Waals surface area contributed by atoms with E-state index in [9.17, 15) is 15.0 Å². The molecule has 0 aliphatic heterocycles. The average molecular weight is 254 g/mol. The molecule has 0 aliphatic rings. The number of aliphatic carboxylic acids is 1. The summed E-state index contributed by atoms with van der Waals surface area (Å²) in [5, 5.41) is 18.4. The summed E-state index contributed by atoms with van der Waals surface area (Å²) in [6.45, 7) is 0. The van der Waals surface area contributed by atoms with Crippen LogP contribution in [-0.4, -0.2) is 16.2 Å². The second-order valence-corrected chi connectivity index (χ2v) is 4.23. The van der Waals surface area contributed by atoms with Gasteiger partial charge in [0.15, 0.2) is 0 Å². The third-order valence-electron chi connectivity index (χ3n) is 2.75. The van der Waals surface area contributed by atoms with Crippen molar-refractivity contribution in [3.05, 3.63) is 71.3 Å². The SMILES string of the molecule is O=C(O)C(=Cc1ccc(O)cc1)Cc1ccccc1. The van der Waals surface area contributed by atoms with Crippen LogP contribution >= 0.6 is 0 Å². The zero-order valence-corrected chi connectivity index (χ0v) is 10.3. The number of benzene rings is 2. The van der Waals surface area contributed by atoms with Gasteiger partial charge < -0.3 is 10.2 Å². The summed E-state index contributed by atoms with van der Waals surface area (Å²) < 4.78 is 0. The van der Waals surface area contributed by atoms with E-state index < -0.39 is 5.97 Å². The lowest BCUT2D eigenvalue weighted by Crippen LogP contribution is -2.03. The summed E-state index contributed by atoms with van der Waals surface area (Å²) in [6.07, 6.45) is 1.99. The van der Waals surface area contributed by atoms with E-state index in [0.717, 1.165) is 11.1 Å². The third kappa shape index (κ3) is 3.71. The van der Waals surface area contributed by atoms with Crippen LogP contribution in [0, 0.1) is 0 Å². The van der Waals surface area contributed by atoms with Crippen LogP contribution in [-0.2, 0) is 11.2 Å². The monoisotopic (exact) mass is 254 g/mol. The molecule has 19 heavy (non-hydrogen) atoms. The smallest absolute Gasteiger partial charge is 0.331 e. The molecule has 0 aromatic heterocycles. The molecule has 0 heterocycles. The Morgan fingerprint density at radius 1 is 1.00 bits per heavy atom. The number of phenols is 1. The van der Waals surface area contributed by atoms with Crippen LogP contribution in [0.25, 0.3) is 6.08 Å². The Bertz CT molecular complexity index is 583. The van der Waals surface area contributed by atoms with Gasteiger partial charge in [-0.25, -0.2) is 4.79 Å². The van der Waals surface area contributed by atoms with E-state index >= 15 is 0 Å².